The molecule has 2 unspecified atom stereocenters. The molecule has 0 N–H and O–H groups in total. The van der Waals surface area contributed by atoms with Gasteiger partial charge in [-0.1, -0.05) is 48.8 Å². The fraction of sp³-hybridized carbons (Fsp3) is 0.538. The third-order valence-electron chi connectivity index (χ3n) is 2.76. The highest BCUT2D eigenvalue weighted by Crippen LogP contribution is 2.30. The second-order valence-corrected chi connectivity index (χ2v) is 5.31. The van der Waals surface area contributed by atoms with Crippen molar-refractivity contribution in [2.45, 2.75) is 31.5 Å². The number of hydrogen-bond acceptors (Lipinski definition) is 1. The minimum Gasteiger partial charge on any atom is -0.497 e. The second-order valence-electron chi connectivity index (χ2n) is 4.25. The van der Waals surface area contributed by atoms with Gasteiger partial charge in [0.2, 0.25) is 0 Å². The molecule has 2 atom stereocenters. The molecule has 1 aromatic rings. The molecule has 0 amide bonds. The molecule has 2 heteroatoms. The van der Waals surface area contributed by atoms with Gasteiger partial charge in [-0.15, -0.1) is 0 Å². The molecule has 1 aromatic carbocycles. The molecule has 0 aromatic heterocycles. The van der Waals surface area contributed by atoms with Crippen LogP contribution in [0.25, 0.3) is 0 Å². The number of alkyl halides is 1. The Morgan fingerprint density at radius 2 is 1.60 bits per heavy atom. The highest BCUT2D eigenvalue weighted by Gasteiger charge is 2.18. The number of rotatable bonds is 4. The Labute approximate surface area is 101 Å². The standard InChI is InChI=1S/C13H19BrO/c1-9(2)13(14)10(3)11-5-7-12(15-4)8-6-11/h5-10,13H,1-4H3. The van der Waals surface area contributed by atoms with E-state index in [0.717, 1.165) is 5.75 Å². The van der Waals surface area contributed by atoms with Crippen LogP contribution in [0.1, 0.15) is 32.3 Å². The van der Waals surface area contributed by atoms with Gasteiger partial charge in [0, 0.05) is 4.83 Å². The maximum absolute atomic E-state index is 5.15. The average molecular weight is 271 g/mol. The van der Waals surface area contributed by atoms with Gasteiger partial charge in [-0.3, -0.25) is 0 Å². The SMILES string of the molecule is COc1ccc(C(C)C(Br)C(C)C)cc1. The zero-order chi connectivity index (χ0) is 11.4. The van der Waals surface area contributed by atoms with E-state index in [9.17, 15) is 0 Å². The summed E-state index contributed by atoms with van der Waals surface area (Å²) in [6, 6.07) is 8.32. The minimum absolute atomic E-state index is 0.519. The van der Waals surface area contributed by atoms with Crippen LogP contribution in [0.5, 0.6) is 5.75 Å². The van der Waals surface area contributed by atoms with Gasteiger partial charge in [-0.25, -0.2) is 0 Å². The number of hydrogen-bond donors (Lipinski definition) is 0. The van der Waals surface area contributed by atoms with Crippen molar-refractivity contribution in [3.8, 4) is 5.75 Å². The molecule has 0 bridgehead atoms. The molecule has 0 saturated heterocycles. The summed E-state index contributed by atoms with van der Waals surface area (Å²) in [4.78, 5) is 0.519. The molecule has 0 aliphatic rings. The Balaban J connectivity index is 2.78. The van der Waals surface area contributed by atoms with Crippen LogP contribution in [0.2, 0.25) is 0 Å². The average Bonchev–Trinajstić information content (AvgIpc) is 2.27. The Hall–Kier alpha value is -0.500. The summed E-state index contributed by atoms with van der Waals surface area (Å²) in [6.07, 6.45) is 0. The Morgan fingerprint density at radius 1 is 1.07 bits per heavy atom. The van der Waals surface area contributed by atoms with Crippen molar-refractivity contribution < 1.29 is 4.74 Å². The zero-order valence-corrected chi connectivity index (χ0v) is 11.4. The Bertz CT molecular complexity index is 292. The predicted molar refractivity (Wildman–Crippen MR) is 69.0 cm³/mol. The van der Waals surface area contributed by atoms with Crippen LogP contribution in [0.4, 0.5) is 0 Å². The molecular weight excluding hydrogens is 252 g/mol. The predicted octanol–water partition coefficient (Wildman–Crippen LogP) is 4.22. The maximum atomic E-state index is 5.15. The van der Waals surface area contributed by atoms with E-state index in [1.807, 2.05) is 12.1 Å². The Morgan fingerprint density at radius 3 is 2.00 bits per heavy atom. The summed E-state index contributed by atoms with van der Waals surface area (Å²) >= 11 is 3.75. The monoisotopic (exact) mass is 270 g/mol. The molecule has 0 fully saturated rings. The van der Waals surface area contributed by atoms with Gasteiger partial charge < -0.3 is 4.74 Å². The molecule has 15 heavy (non-hydrogen) atoms. The van der Waals surface area contributed by atoms with Crippen molar-refractivity contribution in [1.29, 1.82) is 0 Å². The fourth-order valence-corrected chi connectivity index (χ4v) is 1.97. The van der Waals surface area contributed by atoms with Gasteiger partial charge in [0.15, 0.2) is 0 Å². The molecule has 0 saturated carbocycles. The number of halogens is 1. The number of benzene rings is 1. The van der Waals surface area contributed by atoms with Crippen LogP contribution in [-0.4, -0.2) is 11.9 Å². The first-order valence-corrected chi connectivity index (χ1v) is 6.26. The van der Waals surface area contributed by atoms with Gasteiger partial charge in [0.25, 0.3) is 0 Å². The quantitative estimate of drug-likeness (QED) is 0.745. The summed E-state index contributed by atoms with van der Waals surface area (Å²) in [5.41, 5.74) is 1.35. The smallest absolute Gasteiger partial charge is 0.118 e. The van der Waals surface area contributed by atoms with Crippen molar-refractivity contribution in [2.75, 3.05) is 7.11 Å². The van der Waals surface area contributed by atoms with Crippen LogP contribution in [0.15, 0.2) is 24.3 Å². The lowest BCUT2D eigenvalue weighted by Crippen LogP contribution is -2.15. The second kappa shape index (κ2) is 5.55. The summed E-state index contributed by atoms with van der Waals surface area (Å²) in [6.45, 7) is 6.72. The lowest BCUT2D eigenvalue weighted by Gasteiger charge is -2.22. The molecule has 0 aliphatic carbocycles. The minimum atomic E-state index is 0.519. The molecule has 1 rings (SSSR count). The molecule has 0 aliphatic heterocycles. The molecule has 1 nitrogen and oxygen atoms in total. The van der Waals surface area contributed by atoms with Gasteiger partial charge in [0.05, 0.1) is 7.11 Å². The van der Waals surface area contributed by atoms with E-state index >= 15 is 0 Å². The van der Waals surface area contributed by atoms with E-state index in [1.54, 1.807) is 7.11 Å². The van der Waals surface area contributed by atoms with Gasteiger partial charge in [-0.05, 0) is 29.5 Å². The van der Waals surface area contributed by atoms with Crippen molar-refractivity contribution in [3.63, 3.8) is 0 Å². The van der Waals surface area contributed by atoms with E-state index < -0.39 is 0 Å². The topological polar surface area (TPSA) is 9.23 Å². The normalized spacial score (nSPS) is 15.1. The van der Waals surface area contributed by atoms with E-state index in [1.165, 1.54) is 5.56 Å². The highest BCUT2D eigenvalue weighted by molar-refractivity contribution is 9.09. The van der Waals surface area contributed by atoms with Crippen molar-refractivity contribution >= 4 is 15.9 Å². The fourth-order valence-electron chi connectivity index (χ4n) is 1.67. The Kier molecular flexibility index (Phi) is 4.65. The third kappa shape index (κ3) is 3.23. The lowest BCUT2D eigenvalue weighted by molar-refractivity contribution is 0.414. The van der Waals surface area contributed by atoms with Crippen LogP contribution < -0.4 is 4.74 Å². The van der Waals surface area contributed by atoms with Gasteiger partial charge in [-0.2, -0.15) is 0 Å². The van der Waals surface area contributed by atoms with E-state index in [-0.39, 0.29) is 0 Å². The third-order valence-corrected chi connectivity index (χ3v) is 4.61. The van der Waals surface area contributed by atoms with Gasteiger partial charge in [0.1, 0.15) is 5.75 Å². The largest absolute Gasteiger partial charge is 0.497 e. The first kappa shape index (κ1) is 12.6. The molecule has 0 heterocycles. The van der Waals surface area contributed by atoms with E-state index in [2.05, 4.69) is 48.8 Å². The molecule has 84 valence electrons. The van der Waals surface area contributed by atoms with Crippen LogP contribution in [-0.2, 0) is 0 Å². The summed E-state index contributed by atoms with van der Waals surface area (Å²) in [7, 11) is 1.69. The number of ether oxygens (including phenoxy) is 1. The van der Waals surface area contributed by atoms with Crippen LogP contribution in [0.3, 0.4) is 0 Å². The van der Waals surface area contributed by atoms with Crippen molar-refractivity contribution in [2.24, 2.45) is 5.92 Å². The van der Waals surface area contributed by atoms with E-state index in [0.29, 0.717) is 16.7 Å². The highest BCUT2D eigenvalue weighted by atomic mass is 79.9. The van der Waals surface area contributed by atoms with Crippen molar-refractivity contribution in [1.82, 2.24) is 0 Å². The molecule has 0 radical (unpaired) electrons. The first-order chi connectivity index (χ1) is 7.06. The summed E-state index contributed by atoms with van der Waals surface area (Å²) in [5.74, 6) is 2.08. The number of methoxy groups -OCH3 is 1. The van der Waals surface area contributed by atoms with E-state index in [4.69, 9.17) is 4.74 Å². The summed E-state index contributed by atoms with van der Waals surface area (Å²) < 4.78 is 5.15. The first-order valence-electron chi connectivity index (χ1n) is 5.34. The van der Waals surface area contributed by atoms with Crippen LogP contribution in [0, 0.1) is 5.92 Å². The van der Waals surface area contributed by atoms with Gasteiger partial charge >= 0.3 is 0 Å². The van der Waals surface area contributed by atoms with Crippen LogP contribution >= 0.6 is 15.9 Å². The molecular formula is C13H19BrO. The molecule has 0 spiro atoms. The maximum Gasteiger partial charge on any atom is 0.118 e. The summed E-state index contributed by atoms with van der Waals surface area (Å²) in [5, 5.41) is 0. The van der Waals surface area contributed by atoms with Crippen molar-refractivity contribution in [3.05, 3.63) is 29.8 Å². The zero-order valence-electron chi connectivity index (χ0n) is 9.83. The lowest BCUT2D eigenvalue weighted by atomic mass is 9.92.